The van der Waals surface area contributed by atoms with Gasteiger partial charge in [0.25, 0.3) is 11.8 Å². The summed E-state index contributed by atoms with van der Waals surface area (Å²) in [4.78, 5) is 24.9. The number of hydrogen-bond acceptors (Lipinski definition) is 3. The number of hydrogen-bond donors (Lipinski definition) is 3. The van der Waals surface area contributed by atoms with E-state index in [-0.39, 0.29) is 11.8 Å². The Bertz CT molecular complexity index is 1030. The molecule has 134 valence electrons. The van der Waals surface area contributed by atoms with Crippen molar-refractivity contribution >= 4 is 40.5 Å². The average molecular weight is 378 g/mol. The maximum Gasteiger partial charge on any atom is 0.257 e. The van der Waals surface area contributed by atoms with Gasteiger partial charge in [0.1, 0.15) is 0 Å². The Kier molecular flexibility index (Phi) is 4.52. The van der Waals surface area contributed by atoms with Gasteiger partial charge in [0.15, 0.2) is 0 Å². The largest absolute Gasteiger partial charge is 0.353 e. The molecule has 3 aromatic carbocycles. The molecule has 0 saturated carbocycles. The smallest absolute Gasteiger partial charge is 0.257 e. The van der Waals surface area contributed by atoms with E-state index >= 15 is 0 Å². The molecule has 1 aliphatic rings. The average Bonchev–Trinajstić information content (AvgIpc) is 2.82. The van der Waals surface area contributed by atoms with E-state index in [0.717, 1.165) is 16.9 Å². The van der Waals surface area contributed by atoms with Crippen LogP contribution in [0.3, 0.4) is 0 Å². The van der Waals surface area contributed by atoms with Gasteiger partial charge in [-0.05, 0) is 48.0 Å². The van der Waals surface area contributed by atoms with Gasteiger partial charge in [0.05, 0.1) is 22.6 Å². The van der Waals surface area contributed by atoms with Gasteiger partial charge >= 0.3 is 0 Å². The van der Waals surface area contributed by atoms with Crippen LogP contribution in [0.15, 0.2) is 66.7 Å². The summed E-state index contributed by atoms with van der Waals surface area (Å²) in [5.74, 6) is -0.431. The van der Waals surface area contributed by atoms with E-state index in [2.05, 4.69) is 16.0 Å². The minimum Gasteiger partial charge on any atom is -0.353 e. The lowest BCUT2D eigenvalue weighted by molar-refractivity contribution is 0.0949. The van der Waals surface area contributed by atoms with E-state index in [1.807, 2.05) is 30.3 Å². The van der Waals surface area contributed by atoms with Gasteiger partial charge in [-0.15, -0.1) is 0 Å². The molecule has 1 heterocycles. The SMILES string of the molecule is O=C(NCc1ccc(Cl)cc1)c1ccc2c(c1)NC(=O)c1ccccc1N2. The highest BCUT2D eigenvalue weighted by atomic mass is 35.5. The quantitative estimate of drug-likeness (QED) is 0.625. The second-order valence-corrected chi connectivity index (χ2v) is 6.63. The highest BCUT2D eigenvalue weighted by Gasteiger charge is 2.19. The van der Waals surface area contributed by atoms with Crippen LogP contribution in [-0.4, -0.2) is 11.8 Å². The van der Waals surface area contributed by atoms with Crippen molar-refractivity contribution in [1.82, 2.24) is 5.32 Å². The molecule has 0 radical (unpaired) electrons. The van der Waals surface area contributed by atoms with Crippen LogP contribution in [0.2, 0.25) is 5.02 Å². The van der Waals surface area contributed by atoms with Gasteiger partial charge in [-0.2, -0.15) is 0 Å². The fourth-order valence-electron chi connectivity index (χ4n) is 2.91. The topological polar surface area (TPSA) is 70.2 Å². The summed E-state index contributed by atoms with van der Waals surface area (Å²) in [6, 6.07) is 19.7. The predicted octanol–water partition coefficient (Wildman–Crippen LogP) is 4.58. The van der Waals surface area contributed by atoms with E-state index in [1.165, 1.54) is 0 Å². The Balaban J connectivity index is 1.53. The molecule has 1 aliphatic heterocycles. The molecule has 0 unspecified atom stereocenters. The molecule has 3 N–H and O–H groups in total. The maximum absolute atomic E-state index is 12.5. The highest BCUT2D eigenvalue weighted by Crippen LogP contribution is 2.32. The number of carbonyl (C=O) groups excluding carboxylic acids is 2. The van der Waals surface area contributed by atoms with E-state index < -0.39 is 0 Å². The lowest BCUT2D eigenvalue weighted by atomic mass is 10.1. The molecule has 0 atom stereocenters. The number of halogens is 1. The lowest BCUT2D eigenvalue weighted by Crippen LogP contribution is -2.23. The number of nitrogens with one attached hydrogen (secondary N) is 3. The van der Waals surface area contributed by atoms with Gasteiger partial charge in [0, 0.05) is 17.1 Å². The Morgan fingerprint density at radius 3 is 2.48 bits per heavy atom. The molecular weight excluding hydrogens is 362 g/mol. The van der Waals surface area contributed by atoms with Crippen LogP contribution in [0.4, 0.5) is 17.1 Å². The van der Waals surface area contributed by atoms with Crippen molar-refractivity contribution in [3.8, 4) is 0 Å². The van der Waals surface area contributed by atoms with Crippen LogP contribution in [0.25, 0.3) is 0 Å². The summed E-state index contributed by atoms with van der Waals surface area (Å²) in [6.07, 6.45) is 0. The Labute approximate surface area is 161 Å². The number of para-hydroxylation sites is 1. The molecule has 2 amide bonds. The molecule has 0 saturated heterocycles. The Morgan fingerprint density at radius 1 is 0.889 bits per heavy atom. The van der Waals surface area contributed by atoms with E-state index in [0.29, 0.717) is 28.4 Å². The highest BCUT2D eigenvalue weighted by molar-refractivity contribution is 6.30. The number of anilines is 3. The van der Waals surface area contributed by atoms with Crippen molar-refractivity contribution in [2.75, 3.05) is 10.6 Å². The van der Waals surface area contributed by atoms with Crippen LogP contribution in [0.5, 0.6) is 0 Å². The Hall–Kier alpha value is -3.31. The maximum atomic E-state index is 12.5. The predicted molar refractivity (Wildman–Crippen MR) is 107 cm³/mol. The third-order valence-electron chi connectivity index (χ3n) is 4.34. The molecule has 4 rings (SSSR count). The number of rotatable bonds is 3. The molecule has 6 heteroatoms. The first-order valence-electron chi connectivity index (χ1n) is 8.44. The van der Waals surface area contributed by atoms with Crippen molar-refractivity contribution < 1.29 is 9.59 Å². The third kappa shape index (κ3) is 3.64. The first kappa shape index (κ1) is 17.1. The van der Waals surface area contributed by atoms with E-state index in [4.69, 9.17) is 11.6 Å². The number of benzene rings is 3. The molecule has 0 aliphatic carbocycles. The standard InChI is InChI=1S/C21H16ClN3O2/c22-15-8-5-13(6-9-15)12-23-20(26)14-7-10-18-19(11-14)25-21(27)16-3-1-2-4-17(16)24-18/h1-11,24H,12H2,(H,23,26)(H,25,27). The number of amides is 2. The van der Waals surface area contributed by atoms with Gasteiger partial charge in [-0.3, -0.25) is 9.59 Å². The Morgan fingerprint density at radius 2 is 1.67 bits per heavy atom. The van der Waals surface area contributed by atoms with Crippen molar-refractivity contribution in [2.24, 2.45) is 0 Å². The molecule has 0 fully saturated rings. The summed E-state index contributed by atoms with van der Waals surface area (Å²) in [7, 11) is 0. The molecule has 27 heavy (non-hydrogen) atoms. The summed E-state index contributed by atoms with van der Waals surface area (Å²) in [5.41, 5.74) is 4.01. The van der Waals surface area contributed by atoms with Crippen molar-refractivity contribution in [2.45, 2.75) is 6.54 Å². The van der Waals surface area contributed by atoms with Crippen molar-refractivity contribution in [3.63, 3.8) is 0 Å². The molecule has 5 nitrogen and oxygen atoms in total. The molecular formula is C21H16ClN3O2. The minimum atomic E-state index is -0.219. The minimum absolute atomic E-state index is 0.212. The second-order valence-electron chi connectivity index (χ2n) is 6.19. The molecule has 0 aromatic heterocycles. The molecule has 3 aromatic rings. The summed E-state index contributed by atoms with van der Waals surface area (Å²) < 4.78 is 0. The molecule has 0 spiro atoms. The van der Waals surface area contributed by atoms with Crippen LogP contribution >= 0.6 is 11.6 Å². The zero-order chi connectivity index (χ0) is 18.8. The van der Waals surface area contributed by atoms with Gasteiger partial charge in [-0.1, -0.05) is 35.9 Å². The van der Waals surface area contributed by atoms with Gasteiger partial charge < -0.3 is 16.0 Å². The second kappa shape index (κ2) is 7.13. The van der Waals surface area contributed by atoms with Crippen LogP contribution in [-0.2, 0) is 6.54 Å². The molecule has 0 bridgehead atoms. The third-order valence-corrected chi connectivity index (χ3v) is 4.59. The fourth-order valence-corrected chi connectivity index (χ4v) is 3.04. The van der Waals surface area contributed by atoms with Gasteiger partial charge in [-0.25, -0.2) is 0 Å². The first-order valence-corrected chi connectivity index (χ1v) is 8.82. The zero-order valence-electron chi connectivity index (χ0n) is 14.3. The monoisotopic (exact) mass is 377 g/mol. The van der Waals surface area contributed by atoms with Crippen LogP contribution in [0.1, 0.15) is 26.3 Å². The van der Waals surface area contributed by atoms with Gasteiger partial charge in [0.2, 0.25) is 0 Å². The summed E-state index contributed by atoms with van der Waals surface area (Å²) >= 11 is 5.87. The van der Waals surface area contributed by atoms with E-state index in [1.54, 1.807) is 36.4 Å². The number of carbonyl (C=O) groups is 2. The van der Waals surface area contributed by atoms with Crippen molar-refractivity contribution in [3.05, 3.63) is 88.4 Å². The van der Waals surface area contributed by atoms with E-state index in [9.17, 15) is 9.59 Å². The lowest BCUT2D eigenvalue weighted by Gasteiger charge is -2.11. The first-order chi connectivity index (χ1) is 13.1. The summed E-state index contributed by atoms with van der Waals surface area (Å²) in [6.45, 7) is 0.392. The van der Waals surface area contributed by atoms with Crippen LogP contribution < -0.4 is 16.0 Å². The zero-order valence-corrected chi connectivity index (χ0v) is 15.0. The summed E-state index contributed by atoms with van der Waals surface area (Å²) in [5, 5.41) is 9.62. The fraction of sp³-hybridized carbons (Fsp3) is 0.0476. The normalized spacial score (nSPS) is 12.1. The number of fused-ring (bicyclic) bond motifs is 2. The van der Waals surface area contributed by atoms with Crippen molar-refractivity contribution in [1.29, 1.82) is 0 Å². The van der Waals surface area contributed by atoms with Crippen LogP contribution in [0, 0.1) is 0 Å².